The second-order valence-electron chi connectivity index (χ2n) is 4.37. The number of nitrogens with zero attached hydrogens (tertiary/aromatic N) is 6. The first-order chi connectivity index (χ1) is 10.1. The number of benzene rings is 1. The van der Waals surface area contributed by atoms with Crippen molar-refractivity contribution in [3.63, 3.8) is 0 Å². The Balaban J connectivity index is 2.12. The lowest BCUT2D eigenvalue weighted by Crippen LogP contribution is -2.40. The number of hydrogen-bond donors (Lipinski definition) is 1. The van der Waals surface area contributed by atoms with Gasteiger partial charge in [-0.15, -0.1) is 0 Å². The van der Waals surface area contributed by atoms with Crippen molar-refractivity contribution in [2.24, 2.45) is 0 Å². The third kappa shape index (κ3) is 2.38. The Hall–Kier alpha value is -2.68. The van der Waals surface area contributed by atoms with E-state index in [1.54, 1.807) is 0 Å². The van der Waals surface area contributed by atoms with Gasteiger partial charge in [-0.3, -0.25) is 0 Å². The summed E-state index contributed by atoms with van der Waals surface area (Å²) in [6.07, 6.45) is 5.08. The second kappa shape index (κ2) is 5.02. The first kappa shape index (κ1) is 13.3. The lowest BCUT2D eigenvalue weighted by molar-refractivity contribution is -0.0296. The maximum absolute atomic E-state index is 14.1. The van der Waals surface area contributed by atoms with Gasteiger partial charge in [-0.05, 0) is 12.1 Å². The Morgan fingerprint density at radius 2 is 1.86 bits per heavy atom. The normalized spacial score (nSPS) is 14.0. The molecular weight excluding hydrogens is 282 g/mol. The first-order valence-electron chi connectivity index (χ1n) is 5.95. The molecule has 3 aromatic rings. The summed E-state index contributed by atoms with van der Waals surface area (Å²) in [6, 6.07) is 2.91. The molecule has 1 aromatic carbocycles. The van der Waals surface area contributed by atoms with Crippen LogP contribution in [-0.2, 0) is 12.3 Å². The van der Waals surface area contributed by atoms with E-state index in [2.05, 4.69) is 20.2 Å². The number of aliphatic hydroxyl groups is 1. The first-order valence-corrected chi connectivity index (χ1v) is 5.95. The Labute approximate surface area is 117 Å². The molecule has 0 saturated carbocycles. The van der Waals surface area contributed by atoms with E-state index in [0.29, 0.717) is 6.07 Å². The van der Waals surface area contributed by atoms with E-state index in [1.807, 2.05) is 0 Å². The summed E-state index contributed by atoms with van der Waals surface area (Å²) >= 11 is 0. The van der Waals surface area contributed by atoms with E-state index in [-0.39, 0.29) is 12.1 Å². The summed E-state index contributed by atoms with van der Waals surface area (Å²) in [5.41, 5.74) is -2.06. The fourth-order valence-electron chi connectivity index (χ4n) is 2.03. The maximum atomic E-state index is 14.1. The third-order valence-electron chi connectivity index (χ3n) is 3.01. The summed E-state index contributed by atoms with van der Waals surface area (Å²) in [7, 11) is 0. The van der Waals surface area contributed by atoms with Crippen LogP contribution in [-0.4, -0.2) is 34.6 Å². The van der Waals surface area contributed by atoms with Crippen molar-refractivity contribution >= 4 is 0 Å². The predicted octanol–water partition coefficient (Wildman–Crippen LogP) is 0.541. The number of rotatable bonds is 4. The molecule has 0 spiro atoms. The molecule has 2 aromatic heterocycles. The Kier molecular flexibility index (Phi) is 3.18. The highest BCUT2D eigenvalue weighted by atomic mass is 19.1. The molecule has 1 unspecified atom stereocenters. The zero-order chi connectivity index (χ0) is 14.9. The summed E-state index contributed by atoms with van der Waals surface area (Å²) in [5.74, 6) is -1.63. The number of halogens is 2. The van der Waals surface area contributed by atoms with E-state index in [4.69, 9.17) is 0 Å². The minimum absolute atomic E-state index is 0.148. The molecule has 108 valence electrons. The quantitative estimate of drug-likeness (QED) is 0.759. The van der Waals surface area contributed by atoms with Crippen molar-refractivity contribution in [2.45, 2.75) is 12.3 Å². The van der Waals surface area contributed by atoms with Crippen molar-refractivity contribution in [3.05, 3.63) is 60.7 Å². The van der Waals surface area contributed by atoms with Crippen LogP contribution in [0.25, 0.3) is 0 Å². The van der Waals surface area contributed by atoms with Crippen molar-refractivity contribution in [1.29, 1.82) is 0 Å². The lowest BCUT2D eigenvalue weighted by atomic mass is 10.0. The minimum atomic E-state index is -1.91. The zero-order valence-electron chi connectivity index (χ0n) is 10.6. The predicted molar refractivity (Wildman–Crippen MR) is 65.7 cm³/mol. The van der Waals surface area contributed by atoms with Crippen LogP contribution in [0.2, 0.25) is 0 Å². The molecule has 7 nitrogen and oxygen atoms in total. The Morgan fingerprint density at radius 1 is 1.10 bits per heavy atom. The Morgan fingerprint density at radius 3 is 2.48 bits per heavy atom. The molecule has 0 aliphatic rings. The van der Waals surface area contributed by atoms with Gasteiger partial charge in [0.1, 0.15) is 36.9 Å². The standard InChI is InChI=1S/C12H10F2N6O/c13-9-1-2-10(11(14)3-9)12(21,20-8-16-6-18-20)4-19-7-15-5-17-19/h1-3,5-8,21H,4H2. The third-order valence-corrected chi connectivity index (χ3v) is 3.01. The van der Waals surface area contributed by atoms with Crippen LogP contribution in [0.3, 0.4) is 0 Å². The van der Waals surface area contributed by atoms with Crippen LogP contribution in [0.4, 0.5) is 8.78 Å². The Bertz CT molecular complexity index is 730. The van der Waals surface area contributed by atoms with Crippen molar-refractivity contribution < 1.29 is 13.9 Å². The fourth-order valence-corrected chi connectivity index (χ4v) is 2.03. The topological polar surface area (TPSA) is 81.6 Å². The van der Waals surface area contributed by atoms with Gasteiger partial charge in [-0.25, -0.2) is 28.1 Å². The minimum Gasteiger partial charge on any atom is -0.364 e. The van der Waals surface area contributed by atoms with Crippen LogP contribution in [0.1, 0.15) is 5.56 Å². The van der Waals surface area contributed by atoms with Gasteiger partial charge >= 0.3 is 0 Å². The van der Waals surface area contributed by atoms with Crippen LogP contribution in [0.5, 0.6) is 0 Å². The van der Waals surface area contributed by atoms with Crippen LogP contribution >= 0.6 is 0 Å². The van der Waals surface area contributed by atoms with Crippen molar-refractivity contribution in [1.82, 2.24) is 29.5 Å². The van der Waals surface area contributed by atoms with E-state index in [9.17, 15) is 13.9 Å². The molecule has 0 bridgehead atoms. The van der Waals surface area contributed by atoms with Gasteiger partial charge < -0.3 is 5.11 Å². The lowest BCUT2D eigenvalue weighted by Gasteiger charge is -2.28. The van der Waals surface area contributed by atoms with Gasteiger partial charge in [0.05, 0.1) is 6.54 Å². The van der Waals surface area contributed by atoms with E-state index < -0.39 is 17.4 Å². The molecule has 2 heterocycles. The highest BCUT2D eigenvalue weighted by molar-refractivity contribution is 5.25. The van der Waals surface area contributed by atoms with Crippen LogP contribution in [0, 0.1) is 11.6 Å². The molecule has 0 radical (unpaired) electrons. The van der Waals surface area contributed by atoms with E-state index >= 15 is 0 Å². The van der Waals surface area contributed by atoms with Gasteiger partial charge in [-0.1, -0.05) is 0 Å². The van der Waals surface area contributed by atoms with E-state index in [0.717, 1.165) is 16.8 Å². The van der Waals surface area contributed by atoms with Gasteiger partial charge in [0.2, 0.25) is 5.72 Å². The molecule has 0 amide bonds. The molecule has 3 rings (SSSR count). The monoisotopic (exact) mass is 292 g/mol. The molecule has 1 atom stereocenters. The van der Waals surface area contributed by atoms with Crippen LogP contribution < -0.4 is 0 Å². The van der Waals surface area contributed by atoms with Gasteiger partial charge in [-0.2, -0.15) is 10.2 Å². The summed E-state index contributed by atoms with van der Waals surface area (Å²) in [6.45, 7) is -0.168. The fraction of sp³-hybridized carbons (Fsp3) is 0.167. The van der Waals surface area contributed by atoms with Gasteiger partial charge in [0.25, 0.3) is 0 Å². The summed E-state index contributed by atoms with van der Waals surface area (Å²) in [4.78, 5) is 7.50. The second-order valence-corrected chi connectivity index (χ2v) is 4.37. The molecular formula is C12H10F2N6O. The number of aromatic nitrogens is 6. The SMILES string of the molecule is OC(Cn1cncn1)(c1ccc(F)cc1F)n1cncn1. The van der Waals surface area contributed by atoms with Crippen molar-refractivity contribution in [2.75, 3.05) is 0 Å². The molecule has 21 heavy (non-hydrogen) atoms. The van der Waals surface area contributed by atoms with E-state index in [1.165, 1.54) is 30.0 Å². The summed E-state index contributed by atoms with van der Waals surface area (Å²) < 4.78 is 29.5. The molecule has 0 aliphatic heterocycles. The molecule has 9 heteroatoms. The van der Waals surface area contributed by atoms with Crippen LogP contribution in [0.15, 0.2) is 43.5 Å². The van der Waals surface area contributed by atoms with Crippen molar-refractivity contribution in [3.8, 4) is 0 Å². The van der Waals surface area contributed by atoms with Gasteiger partial charge in [0, 0.05) is 11.6 Å². The summed E-state index contributed by atoms with van der Waals surface area (Å²) in [5, 5.41) is 18.6. The molecule has 1 N–H and O–H groups in total. The molecule has 0 fully saturated rings. The zero-order valence-corrected chi connectivity index (χ0v) is 10.6. The van der Waals surface area contributed by atoms with Gasteiger partial charge in [0.15, 0.2) is 0 Å². The highest BCUT2D eigenvalue weighted by Crippen LogP contribution is 2.27. The largest absolute Gasteiger partial charge is 0.364 e. The molecule has 0 aliphatic carbocycles. The maximum Gasteiger partial charge on any atom is 0.208 e. The average molecular weight is 292 g/mol. The number of hydrogen-bond acceptors (Lipinski definition) is 5. The molecule has 0 saturated heterocycles. The highest BCUT2D eigenvalue weighted by Gasteiger charge is 2.36. The average Bonchev–Trinajstić information content (AvgIpc) is 3.11. The smallest absolute Gasteiger partial charge is 0.208 e.